The molecule has 0 bridgehead atoms. The second kappa shape index (κ2) is 12.1. The van der Waals surface area contributed by atoms with Crippen molar-refractivity contribution in [1.29, 1.82) is 0 Å². The average Bonchev–Trinajstić information content (AvgIpc) is 2.77. The van der Waals surface area contributed by atoms with Gasteiger partial charge >= 0.3 is 0 Å². The van der Waals surface area contributed by atoms with Gasteiger partial charge in [-0.2, -0.15) is 0 Å². The van der Waals surface area contributed by atoms with Gasteiger partial charge in [-0.1, -0.05) is 46.9 Å². The van der Waals surface area contributed by atoms with Crippen LogP contribution < -0.4 is 9.62 Å². The second-order valence-electron chi connectivity index (χ2n) is 7.83. The Bertz CT molecular complexity index is 1140. The molecule has 186 valence electrons. The maximum absolute atomic E-state index is 13.2. The van der Waals surface area contributed by atoms with E-state index in [0.717, 1.165) is 6.26 Å². The fourth-order valence-electron chi connectivity index (χ4n) is 3.49. The summed E-state index contributed by atoms with van der Waals surface area (Å²) in [5, 5.41) is 3.76. The molecule has 2 aromatic rings. The van der Waals surface area contributed by atoms with Crippen molar-refractivity contribution in [1.82, 2.24) is 10.2 Å². The Morgan fingerprint density at radius 2 is 1.59 bits per heavy atom. The number of carbonyl (C=O) groups excluding carboxylic acids is 2. The first-order valence-corrected chi connectivity index (χ1v) is 13.5. The highest BCUT2D eigenvalue weighted by molar-refractivity contribution is 7.92. The van der Waals surface area contributed by atoms with Crippen molar-refractivity contribution in [2.45, 2.75) is 39.3 Å². The molecule has 0 saturated heterocycles. The Balaban J connectivity index is 2.23. The minimum atomic E-state index is -3.62. The van der Waals surface area contributed by atoms with Crippen LogP contribution in [-0.4, -0.2) is 51.0 Å². The molecular formula is C23H28Cl3N3O4S. The first kappa shape index (κ1) is 28.2. The Hall–Kier alpha value is -2.00. The molecule has 0 saturated carbocycles. The van der Waals surface area contributed by atoms with Crippen molar-refractivity contribution in [2.75, 3.05) is 24.2 Å². The van der Waals surface area contributed by atoms with Gasteiger partial charge in [-0.05, 0) is 50.1 Å². The summed E-state index contributed by atoms with van der Waals surface area (Å²) in [5.74, 6) is -0.674. The Morgan fingerprint density at radius 1 is 1.03 bits per heavy atom. The van der Waals surface area contributed by atoms with E-state index >= 15 is 0 Å². The summed E-state index contributed by atoms with van der Waals surface area (Å²) in [6.45, 7) is 3.46. The van der Waals surface area contributed by atoms with E-state index in [4.69, 9.17) is 34.8 Å². The van der Waals surface area contributed by atoms with Crippen LogP contribution in [0.5, 0.6) is 0 Å². The van der Waals surface area contributed by atoms with Crippen LogP contribution in [0.2, 0.25) is 15.1 Å². The molecule has 0 aromatic heterocycles. The van der Waals surface area contributed by atoms with Crippen molar-refractivity contribution in [3.05, 3.63) is 62.6 Å². The molecule has 2 aromatic carbocycles. The first-order chi connectivity index (χ1) is 15.9. The Labute approximate surface area is 216 Å². The highest BCUT2D eigenvalue weighted by Gasteiger charge is 2.27. The fraction of sp³-hybridized carbons (Fsp3) is 0.391. The van der Waals surface area contributed by atoms with E-state index < -0.39 is 16.1 Å². The van der Waals surface area contributed by atoms with E-state index in [1.54, 1.807) is 50.2 Å². The van der Waals surface area contributed by atoms with Gasteiger partial charge in [-0.25, -0.2) is 8.42 Å². The standard InChI is InChI=1S/C23H28Cl3N3O4S/c1-15-18(24)8-6-11-21(15)29(34(4,32)33)13-7-12-22(30)28(16(2)23(31)27-3)14-17-19(25)9-5-10-20(17)26/h5-6,8-11,16H,7,12-14H2,1-4H3,(H,27,31)/t16-/m0/s1. The zero-order chi connectivity index (χ0) is 25.6. The van der Waals surface area contributed by atoms with Crippen LogP contribution >= 0.6 is 34.8 Å². The number of anilines is 1. The minimum Gasteiger partial charge on any atom is -0.357 e. The number of hydrogen-bond acceptors (Lipinski definition) is 4. The lowest BCUT2D eigenvalue weighted by atomic mass is 10.1. The van der Waals surface area contributed by atoms with Crippen molar-refractivity contribution >= 4 is 62.3 Å². The molecule has 0 aliphatic rings. The topological polar surface area (TPSA) is 86.8 Å². The van der Waals surface area contributed by atoms with Gasteiger partial charge < -0.3 is 10.2 Å². The molecule has 1 atom stereocenters. The number of rotatable bonds is 10. The third kappa shape index (κ3) is 7.01. The molecule has 0 spiro atoms. The summed E-state index contributed by atoms with van der Waals surface area (Å²) in [6.07, 6.45) is 1.34. The van der Waals surface area contributed by atoms with Gasteiger partial charge in [0.2, 0.25) is 21.8 Å². The van der Waals surface area contributed by atoms with Crippen LogP contribution in [-0.2, 0) is 26.2 Å². The molecule has 0 unspecified atom stereocenters. The van der Waals surface area contributed by atoms with Crippen LogP contribution in [0.1, 0.15) is 30.9 Å². The fourth-order valence-corrected chi connectivity index (χ4v) is 5.20. The lowest BCUT2D eigenvalue weighted by Crippen LogP contribution is -2.47. The van der Waals surface area contributed by atoms with Gasteiger partial charge in [0.1, 0.15) is 6.04 Å². The summed E-state index contributed by atoms with van der Waals surface area (Å²) >= 11 is 18.7. The number of sulfonamides is 1. The lowest BCUT2D eigenvalue weighted by molar-refractivity contribution is -0.140. The Kier molecular flexibility index (Phi) is 10.1. The van der Waals surface area contributed by atoms with Crippen LogP contribution in [0.25, 0.3) is 0 Å². The molecule has 11 heteroatoms. The molecule has 0 heterocycles. The summed E-state index contributed by atoms with van der Waals surface area (Å²) in [7, 11) is -2.13. The van der Waals surface area contributed by atoms with Crippen LogP contribution in [0.4, 0.5) is 5.69 Å². The van der Waals surface area contributed by atoms with Crippen LogP contribution in [0.3, 0.4) is 0 Å². The number of nitrogens with one attached hydrogen (secondary N) is 1. The van der Waals surface area contributed by atoms with Gasteiger partial charge in [0.15, 0.2) is 0 Å². The average molecular weight is 549 g/mol. The molecule has 34 heavy (non-hydrogen) atoms. The van der Waals surface area contributed by atoms with Gasteiger partial charge in [-0.15, -0.1) is 0 Å². The lowest BCUT2D eigenvalue weighted by Gasteiger charge is -2.30. The largest absolute Gasteiger partial charge is 0.357 e. The monoisotopic (exact) mass is 547 g/mol. The van der Waals surface area contributed by atoms with Gasteiger partial charge in [0, 0.05) is 47.2 Å². The molecule has 2 rings (SSSR count). The highest BCUT2D eigenvalue weighted by Crippen LogP contribution is 2.29. The van der Waals surface area contributed by atoms with Crippen molar-refractivity contribution in [3.8, 4) is 0 Å². The maximum atomic E-state index is 13.2. The van der Waals surface area contributed by atoms with Crippen molar-refractivity contribution in [2.24, 2.45) is 0 Å². The normalized spacial score (nSPS) is 12.2. The summed E-state index contributed by atoms with van der Waals surface area (Å²) in [6, 6.07) is 9.26. The van der Waals surface area contributed by atoms with E-state index in [1.165, 1.54) is 16.3 Å². The molecular weight excluding hydrogens is 521 g/mol. The molecule has 1 N–H and O–H groups in total. The summed E-state index contributed by atoms with van der Waals surface area (Å²) in [5.41, 5.74) is 1.62. The molecule has 0 fully saturated rings. The van der Waals surface area contributed by atoms with E-state index in [-0.39, 0.29) is 37.7 Å². The Morgan fingerprint density at radius 3 is 2.15 bits per heavy atom. The molecule has 0 aliphatic heterocycles. The molecule has 0 aliphatic carbocycles. The number of nitrogens with zero attached hydrogens (tertiary/aromatic N) is 2. The number of benzene rings is 2. The number of carbonyl (C=O) groups is 2. The molecule has 0 radical (unpaired) electrons. The summed E-state index contributed by atoms with van der Waals surface area (Å²) < 4.78 is 26.2. The van der Waals surface area contributed by atoms with Crippen LogP contribution in [0, 0.1) is 6.92 Å². The second-order valence-corrected chi connectivity index (χ2v) is 11.0. The van der Waals surface area contributed by atoms with Crippen LogP contribution in [0.15, 0.2) is 36.4 Å². The van der Waals surface area contributed by atoms with E-state index in [9.17, 15) is 18.0 Å². The predicted molar refractivity (Wildman–Crippen MR) is 138 cm³/mol. The number of amides is 2. The SMILES string of the molecule is CNC(=O)[C@H](C)N(Cc1c(Cl)cccc1Cl)C(=O)CCCN(c1cccc(Cl)c1C)S(C)(=O)=O. The van der Waals surface area contributed by atoms with E-state index in [0.29, 0.717) is 31.9 Å². The zero-order valence-corrected chi connectivity index (χ0v) is 22.5. The maximum Gasteiger partial charge on any atom is 0.242 e. The zero-order valence-electron chi connectivity index (χ0n) is 19.4. The minimum absolute atomic E-state index is 0.00897. The predicted octanol–water partition coefficient (Wildman–Crippen LogP) is 4.66. The molecule has 2 amide bonds. The van der Waals surface area contributed by atoms with E-state index in [1.807, 2.05) is 0 Å². The summed E-state index contributed by atoms with van der Waals surface area (Å²) in [4.78, 5) is 26.9. The quantitative estimate of drug-likeness (QED) is 0.468. The van der Waals surface area contributed by atoms with E-state index in [2.05, 4.69) is 5.32 Å². The third-order valence-electron chi connectivity index (χ3n) is 5.46. The van der Waals surface area contributed by atoms with Crippen molar-refractivity contribution < 1.29 is 18.0 Å². The van der Waals surface area contributed by atoms with Gasteiger partial charge in [-0.3, -0.25) is 13.9 Å². The number of hydrogen-bond donors (Lipinski definition) is 1. The van der Waals surface area contributed by atoms with Gasteiger partial charge in [0.05, 0.1) is 11.9 Å². The third-order valence-corrected chi connectivity index (χ3v) is 7.76. The smallest absolute Gasteiger partial charge is 0.242 e. The highest BCUT2D eigenvalue weighted by atomic mass is 35.5. The number of likely N-dealkylation sites (N-methyl/N-ethyl adjacent to an activating group) is 1. The van der Waals surface area contributed by atoms with Gasteiger partial charge in [0.25, 0.3) is 0 Å². The van der Waals surface area contributed by atoms with Crippen molar-refractivity contribution in [3.63, 3.8) is 0 Å². The first-order valence-electron chi connectivity index (χ1n) is 10.5. The number of halogens is 3. The molecule has 7 nitrogen and oxygen atoms in total.